The number of fused-ring (bicyclic) bond motifs is 1. The van der Waals surface area contributed by atoms with Crippen molar-refractivity contribution in [1.29, 1.82) is 0 Å². The van der Waals surface area contributed by atoms with E-state index in [9.17, 15) is 13.2 Å². The summed E-state index contributed by atoms with van der Waals surface area (Å²) >= 11 is 14.2. The fourth-order valence-corrected chi connectivity index (χ4v) is 2.04. The van der Waals surface area contributed by atoms with Crippen molar-refractivity contribution in [3.8, 4) is 0 Å². The molecule has 0 saturated heterocycles. The Balaban J connectivity index is 2.78. The number of aromatic nitrogens is 2. The van der Waals surface area contributed by atoms with Crippen molar-refractivity contribution in [2.45, 2.75) is 6.18 Å². The van der Waals surface area contributed by atoms with Gasteiger partial charge in [-0.15, -0.1) is 0 Å². The highest BCUT2D eigenvalue weighted by Crippen LogP contribution is 2.35. The SMILES string of the molecule is FC(F)(F)c1cc(Br)c2nc(Cl)c(Cl)nc2c1. The molecule has 2 aromatic rings. The lowest BCUT2D eigenvalue weighted by Gasteiger charge is -2.09. The first-order valence-corrected chi connectivity index (χ1v) is 5.73. The van der Waals surface area contributed by atoms with Crippen LogP contribution in [0, 0.1) is 0 Å². The van der Waals surface area contributed by atoms with E-state index >= 15 is 0 Å². The summed E-state index contributed by atoms with van der Waals surface area (Å²) in [5.74, 6) is 0. The summed E-state index contributed by atoms with van der Waals surface area (Å²) in [5.41, 5.74) is -0.571. The summed E-state index contributed by atoms with van der Waals surface area (Å²) in [7, 11) is 0. The molecular formula is C9H2BrCl2F3N2. The first kappa shape index (κ1) is 12.9. The van der Waals surface area contributed by atoms with Crippen molar-refractivity contribution >= 4 is 50.2 Å². The molecule has 0 spiro atoms. The average Bonchev–Trinajstić information content (AvgIpc) is 2.19. The molecule has 1 heterocycles. The van der Waals surface area contributed by atoms with Gasteiger partial charge in [0.15, 0.2) is 10.3 Å². The van der Waals surface area contributed by atoms with Crippen LogP contribution >= 0.6 is 39.1 Å². The molecule has 2 nitrogen and oxygen atoms in total. The minimum Gasteiger partial charge on any atom is -0.231 e. The lowest BCUT2D eigenvalue weighted by molar-refractivity contribution is -0.137. The first-order valence-electron chi connectivity index (χ1n) is 4.18. The molecule has 0 aliphatic carbocycles. The zero-order chi connectivity index (χ0) is 12.8. The van der Waals surface area contributed by atoms with Crippen molar-refractivity contribution in [2.75, 3.05) is 0 Å². The van der Waals surface area contributed by atoms with E-state index in [1.54, 1.807) is 0 Å². The van der Waals surface area contributed by atoms with Gasteiger partial charge in [-0.2, -0.15) is 13.2 Å². The van der Waals surface area contributed by atoms with Gasteiger partial charge in [-0.1, -0.05) is 23.2 Å². The van der Waals surface area contributed by atoms with Gasteiger partial charge in [-0.05, 0) is 28.1 Å². The van der Waals surface area contributed by atoms with Crippen molar-refractivity contribution in [2.24, 2.45) is 0 Å². The molecule has 0 atom stereocenters. The molecule has 2 rings (SSSR count). The Bertz CT molecular complexity index is 601. The van der Waals surface area contributed by atoms with Gasteiger partial charge in [0.1, 0.15) is 5.52 Å². The zero-order valence-corrected chi connectivity index (χ0v) is 10.9. The van der Waals surface area contributed by atoms with Gasteiger partial charge in [0.2, 0.25) is 0 Å². The van der Waals surface area contributed by atoms with E-state index in [4.69, 9.17) is 23.2 Å². The van der Waals surface area contributed by atoms with Crippen molar-refractivity contribution in [1.82, 2.24) is 9.97 Å². The maximum atomic E-state index is 12.5. The molecule has 0 aliphatic heterocycles. The second kappa shape index (κ2) is 4.26. The van der Waals surface area contributed by atoms with Gasteiger partial charge in [-0.25, -0.2) is 9.97 Å². The fourth-order valence-electron chi connectivity index (χ4n) is 1.24. The smallest absolute Gasteiger partial charge is 0.231 e. The van der Waals surface area contributed by atoms with E-state index in [0.717, 1.165) is 12.1 Å². The second-order valence-electron chi connectivity index (χ2n) is 3.13. The third kappa shape index (κ3) is 2.48. The molecule has 0 saturated carbocycles. The van der Waals surface area contributed by atoms with Crippen LogP contribution in [0.1, 0.15) is 5.56 Å². The van der Waals surface area contributed by atoms with Gasteiger partial charge < -0.3 is 0 Å². The largest absolute Gasteiger partial charge is 0.416 e. The number of nitrogens with zero attached hydrogens (tertiary/aromatic N) is 2. The van der Waals surface area contributed by atoms with Gasteiger partial charge in [-0.3, -0.25) is 0 Å². The zero-order valence-electron chi connectivity index (χ0n) is 7.82. The molecule has 90 valence electrons. The molecule has 1 aromatic carbocycles. The fraction of sp³-hybridized carbons (Fsp3) is 0.111. The van der Waals surface area contributed by atoms with E-state index in [1.165, 1.54) is 0 Å². The van der Waals surface area contributed by atoms with E-state index in [2.05, 4.69) is 25.9 Å². The van der Waals surface area contributed by atoms with Crippen molar-refractivity contribution < 1.29 is 13.2 Å². The lowest BCUT2D eigenvalue weighted by atomic mass is 10.2. The third-order valence-electron chi connectivity index (χ3n) is 1.97. The van der Waals surface area contributed by atoms with E-state index in [0.29, 0.717) is 0 Å². The van der Waals surface area contributed by atoms with Gasteiger partial charge in [0.05, 0.1) is 11.1 Å². The van der Waals surface area contributed by atoms with Crippen LogP contribution < -0.4 is 0 Å². The van der Waals surface area contributed by atoms with Crippen LogP contribution in [0.4, 0.5) is 13.2 Å². The Kier molecular flexibility index (Phi) is 3.22. The molecule has 0 amide bonds. The van der Waals surface area contributed by atoms with Crippen LogP contribution in [0.5, 0.6) is 0 Å². The molecule has 17 heavy (non-hydrogen) atoms. The monoisotopic (exact) mass is 344 g/mol. The molecule has 8 heteroatoms. The number of hydrogen-bond acceptors (Lipinski definition) is 2. The lowest BCUT2D eigenvalue weighted by Crippen LogP contribution is -2.05. The quantitative estimate of drug-likeness (QED) is 0.690. The summed E-state index contributed by atoms with van der Waals surface area (Å²) in [6.45, 7) is 0. The Morgan fingerprint density at radius 3 is 2.24 bits per heavy atom. The number of hydrogen-bond donors (Lipinski definition) is 0. The van der Waals surface area contributed by atoms with Gasteiger partial charge in [0.25, 0.3) is 0 Å². The maximum Gasteiger partial charge on any atom is 0.416 e. The predicted octanol–water partition coefficient (Wildman–Crippen LogP) is 4.72. The topological polar surface area (TPSA) is 25.8 Å². The predicted molar refractivity (Wildman–Crippen MR) is 62.3 cm³/mol. The van der Waals surface area contributed by atoms with Crippen LogP contribution in [0.15, 0.2) is 16.6 Å². The van der Waals surface area contributed by atoms with Crippen LogP contribution in [0.3, 0.4) is 0 Å². The molecule has 0 N–H and O–H groups in total. The Hall–Kier alpha value is -0.590. The minimum atomic E-state index is -4.45. The van der Waals surface area contributed by atoms with Gasteiger partial charge >= 0.3 is 6.18 Å². The molecule has 0 bridgehead atoms. The molecule has 0 aliphatic rings. The number of halogens is 6. The normalized spacial score (nSPS) is 12.1. The summed E-state index contributed by atoms with van der Waals surface area (Å²) in [5, 5.41) is -0.190. The number of alkyl halides is 3. The summed E-state index contributed by atoms with van der Waals surface area (Å²) < 4.78 is 37.8. The first-order chi connectivity index (χ1) is 7.79. The third-order valence-corrected chi connectivity index (χ3v) is 3.20. The van der Waals surface area contributed by atoms with Crippen molar-refractivity contribution in [3.63, 3.8) is 0 Å². The summed E-state index contributed by atoms with van der Waals surface area (Å²) in [6.07, 6.45) is -4.45. The number of benzene rings is 1. The van der Waals surface area contributed by atoms with Crippen LogP contribution in [-0.4, -0.2) is 9.97 Å². The minimum absolute atomic E-state index is 0.0288. The van der Waals surface area contributed by atoms with Crippen LogP contribution in [0.25, 0.3) is 11.0 Å². The second-order valence-corrected chi connectivity index (χ2v) is 4.70. The standard InChI is InChI=1S/C9H2BrCl2F3N2/c10-4-1-3(9(13,14)15)2-5-6(4)17-8(12)7(11)16-5/h1-2H. The van der Waals surface area contributed by atoms with E-state index < -0.39 is 11.7 Å². The highest BCUT2D eigenvalue weighted by molar-refractivity contribution is 9.10. The molecular weight excluding hydrogens is 344 g/mol. The number of rotatable bonds is 0. The summed E-state index contributed by atoms with van der Waals surface area (Å²) in [6, 6.07) is 1.79. The van der Waals surface area contributed by atoms with Crippen LogP contribution in [0.2, 0.25) is 10.3 Å². The summed E-state index contributed by atoms with van der Waals surface area (Å²) in [4.78, 5) is 7.61. The average molecular weight is 346 g/mol. The Morgan fingerprint density at radius 2 is 1.65 bits per heavy atom. The Morgan fingerprint density at radius 1 is 1.06 bits per heavy atom. The highest BCUT2D eigenvalue weighted by atomic mass is 79.9. The van der Waals surface area contributed by atoms with Crippen LogP contribution in [-0.2, 0) is 6.18 Å². The highest BCUT2D eigenvalue weighted by Gasteiger charge is 2.31. The molecule has 0 radical (unpaired) electrons. The van der Waals surface area contributed by atoms with Gasteiger partial charge in [0, 0.05) is 4.47 Å². The molecule has 0 fully saturated rings. The van der Waals surface area contributed by atoms with Crippen molar-refractivity contribution in [3.05, 3.63) is 32.5 Å². The molecule has 0 unspecified atom stereocenters. The Labute approximate surface area is 112 Å². The van der Waals surface area contributed by atoms with E-state index in [-0.39, 0.29) is 25.8 Å². The maximum absolute atomic E-state index is 12.5. The molecule has 1 aromatic heterocycles. The van der Waals surface area contributed by atoms with E-state index in [1.807, 2.05) is 0 Å².